The molecule has 1 aliphatic heterocycles. The van der Waals surface area contributed by atoms with E-state index in [-0.39, 0.29) is 12.1 Å². The lowest BCUT2D eigenvalue weighted by Gasteiger charge is -2.37. The van der Waals surface area contributed by atoms with Gasteiger partial charge in [-0.05, 0) is 33.6 Å². The molecule has 1 aliphatic rings. The minimum Gasteiger partial charge on any atom is -0.329 e. The minimum atomic E-state index is -3.35. The molecule has 0 aliphatic carbocycles. The summed E-state index contributed by atoms with van der Waals surface area (Å²) < 4.78 is 28.2. The SMILES string of the molecule is CC(C)N(CCN)S(=O)(=O)N1CCCCC1C. The highest BCUT2D eigenvalue weighted by molar-refractivity contribution is 7.86. The number of hydrogen-bond acceptors (Lipinski definition) is 3. The van der Waals surface area contributed by atoms with Gasteiger partial charge in [0.15, 0.2) is 0 Å². The molecule has 0 amide bonds. The van der Waals surface area contributed by atoms with Gasteiger partial charge in [0.05, 0.1) is 0 Å². The van der Waals surface area contributed by atoms with E-state index >= 15 is 0 Å². The van der Waals surface area contributed by atoms with Crippen LogP contribution in [0.3, 0.4) is 0 Å². The molecule has 17 heavy (non-hydrogen) atoms. The number of piperidine rings is 1. The van der Waals surface area contributed by atoms with E-state index in [1.54, 1.807) is 4.31 Å². The van der Waals surface area contributed by atoms with Crippen molar-refractivity contribution in [1.29, 1.82) is 0 Å². The van der Waals surface area contributed by atoms with Crippen LogP contribution in [0.2, 0.25) is 0 Å². The van der Waals surface area contributed by atoms with E-state index in [1.165, 1.54) is 4.31 Å². The minimum absolute atomic E-state index is 0.0438. The fourth-order valence-electron chi connectivity index (χ4n) is 2.32. The van der Waals surface area contributed by atoms with Crippen molar-refractivity contribution in [2.45, 2.75) is 52.1 Å². The normalized spacial score (nSPS) is 23.5. The molecule has 102 valence electrons. The molecule has 0 aromatic heterocycles. The van der Waals surface area contributed by atoms with E-state index < -0.39 is 10.2 Å². The molecule has 6 heteroatoms. The molecule has 0 radical (unpaired) electrons. The van der Waals surface area contributed by atoms with Crippen molar-refractivity contribution in [1.82, 2.24) is 8.61 Å². The van der Waals surface area contributed by atoms with Crippen LogP contribution in [-0.4, -0.2) is 48.7 Å². The van der Waals surface area contributed by atoms with E-state index in [2.05, 4.69) is 0 Å². The van der Waals surface area contributed by atoms with Gasteiger partial charge in [-0.15, -0.1) is 0 Å². The molecule has 0 saturated carbocycles. The van der Waals surface area contributed by atoms with Crippen molar-refractivity contribution in [2.24, 2.45) is 5.73 Å². The predicted octanol–water partition coefficient (Wildman–Crippen LogP) is 0.775. The summed E-state index contributed by atoms with van der Waals surface area (Å²) in [6.07, 6.45) is 3.03. The van der Waals surface area contributed by atoms with E-state index in [4.69, 9.17) is 5.73 Å². The van der Waals surface area contributed by atoms with Gasteiger partial charge in [0.1, 0.15) is 0 Å². The summed E-state index contributed by atoms with van der Waals surface area (Å²) in [5, 5.41) is 0. The lowest BCUT2D eigenvalue weighted by atomic mass is 10.1. The van der Waals surface area contributed by atoms with Crippen molar-refractivity contribution in [2.75, 3.05) is 19.6 Å². The Bertz CT molecular complexity index is 320. The highest BCUT2D eigenvalue weighted by atomic mass is 32.2. The summed E-state index contributed by atoms with van der Waals surface area (Å²) in [7, 11) is -3.35. The second-order valence-electron chi connectivity index (χ2n) is 4.96. The fraction of sp³-hybridized carbons (Fsp3) is 1.00. The first-order chi connectivity index (χ1) is 7.91. The molecule has 1 fully saturated rings. The molecular formula is C11H25N3O2S. The van der Waals surface area contributed by atoms with E-state index in [0.29, 0.717) is 19.6 Å². The Morgan fingerprint density at radius 3 is 2.53 bits per heavy atom. The van der Waals surface area contributed by atoms with Crippen LogP contribution in [0.1, 0.15) is 40.0 Å². The standard InChI is InChI=1S/C11H25N3O2S/c1-10(2)13(9-7-12)17(15,16)14-8-5-4-6-11(14)3/h10-11H,4-9,12H2,1-3H3. The van der Waals surface area contributed by atoms with Crippen molar-refractivity contribution >= 4 is 10.2 Å². The van der Waals surface area contributed by atoms with Crippen LogP contribution in [0.25, 0.3) is 0 Å². The number of nitrogens with zero attached hydrogens (tertiary/aromatic N) is 2. The van der Waals surface area contributed by atoms with Gasteiger partial charge in [0, 0.05) is 31.7 Å². The van der Waals surface area contributed by atoms with Gasteiger partial charge >= 0.3 is 0 Å². The quantitative estimate of drug-likeness (QED) is 0.797. The van der Waals surface area contributed by atoms with E-state index in [0.717, 1.165) is 19.3 Å². The maximum Gasteiger partial charge on any atom is 0.282 e. The van der Waals surface area contributed by atoms with E-state index in [9.17, 15) is 8.42 Å². The first-order valence-electron chi connectivity index (χ1n) is 6.40. The topological polar surface area (TPSA) is 66.6 Å². The van der Waals surface area contributed by atoms with Crippen LogP contribution in [0.5, 0.6) is 0 Å². The summed E-state index contributed by atoms with van der Waals surface area (Å²) in [5.41, 5.74) is 5.50. The molecule has 1 rings (SSSR count). The number of nitrogens with two attached hydrogens (primary N) is 1. The Balaban J connectivity index is 2.90. The first-order valence-corrected chi connectivity index (χ1v) is 7.79. The molecule has 2 N–H and O–H groups in total. The zero-order valence-corrected chi connectivity index (χ0v) is 11.9. The van der Waals surface area contributed by atoms with Crippen molar-refractivity contribution in [3.63, 3.8) is 0 Å². The predicted molar refractivity (Wildman–Crippen MR) is 69.8 cm³/mol. The van der Waals surface area contributed by atoms with Crippen molar-refractivity contribution in [3.05, 3.63) is 0 Å². The molecular weight excluding hydrogens is 238 g/mol. The Morgan fingerprint density at radius 2 is 2.06 bits per heavy atom. The van der Waals surface area contributed by atoms with Crippen LogP contribution in [0.4, 0.5) is 0 Å². The van der Waals surface area contributed by atoms with Gasteiger partial charge in [0.2, 0.25) is 0 Å². The third kappa shape index (κ3) is 3.40. The van der Waals surface area contributed by atoms with Gasteiger partial charge in [0.25, 0.3) is 10.2 Å². The van der Waals surface area contributed by atoms with Crippen LogP contribution in [0.15, 0.2) is 0 Å². The van der Waals surface area contributed by atoms with E-state index in [1.807, 2.05) is 20.8 Å². The van der Waals surface area contributed by atoms with Crippen LogP contribution >= 0.6 is 0 Å². The smallest absolute Gasteiger partial charge is 0.282 e. The fourth-order valence-corrected chi connectivity index (χ4v) is 4.37. The monoisotopic (exact) mass is 263 g/mol. The third-order valence-corrected chi connectivity index (χ3v) is 5.59. The van der Waals surface area contributed by atoms with Crippen molar-refractivity contribution in [3.8, 4) is 0 Å². The zero-order chi connectivity index (χ0) is 13.1. The molecule has 1 atom stereocenters. The van der Waals surface area contributed by atoms with Crippen LogP contribution < -0.4 is 5.73 Å². The number of rotatable bonds is 5. The molecule has 0 aromatic carbocycles. The second-order valence-corrected chi connectivity index (χ2v) is 6.79. The van der Waals surface area contributed by atoms with Gasteiger partial charge < -0.3 is 5.73 Å². The summed E-state index contributed by atoms with van der Waals surface area (Å²) in [5.74, 6) is 0. The molecule has 5 nitrogen and oxygen atoms in total. The maximum absolute atomic E-state index is 12.5. The van der Waals surface area contributed by atoms with Crippen LogP contribution in [-0.2, 0) is 10.2 Å². The molecule has 1 heterocycles. The second kappa shape index (κ2) is 6.13. The highest BCUT2D eigenvalue weighted by Gasteiger charge is 2.35. The van der Waals surface area contributed by atoms with Gasteiger partial charge in [-0.25, -0.2) is 0 Å². The third-order valence-electron chi connectivity index (χ3n) is 3.26. The molecule has 1 saturated heterocycles. The van der Waals surface area contributed by atoms with Gasteiger partial charge in [-0.3, -0.25) is 0 Å². The summed E-state index contributed by atoms with van der Waals surface area (Å²) in [6, 6.07) is 0.0606. The van der Waals surface area contributed by atoms with Crippen LogP contribution in [0, 0.1) is 0 Å². The zero-order valence-electron chi connectivity index (χ0n) is 11.1. The Hall–Kier alpha value is -0.170. The average Bonchev–Trinajstić information content (AvgIpc) is 2.25. The molecule has 0 aromatic rings. The summed E-state index contributed by atoms with van der Waals surface area (Å²) in [4.78, 5) is 0. The number of hydrogen-bond donors (Lipinski definition) is 1. The lowest BCUT2D eigenvalue weighted by molar-refractivity contribution is 0.235. The summed E-state index contributed by atoms with van der Waals surface area (Å²) >= 11 is 0. The van der Waals surface area contributed by atoms with Crippen molar-refractivity contribution < 1.29 is 8.42 Å². The molecule has 0 bridgehead atoms. The average molecular weight is 263 g/mol. The summed E-state index contributed by atoms with van der Waals surface area (Å²) in [6.45, 7) is 7.15. The molecule has 1 unspecified atom stereocenters. The highest BCUT2D eigenvalue weighted by Crippen LogP contribution is 2.23. The molecule has 0 spiro atoms. The Kier molecular flexibility index (Phi) is 5.37. The largest absolute Gasteiger partial charge is 0.329 e. The maximum atomic E-state index is 12.5. The Labute approximate surface area is 105 Å². The van der Waals surface area contributed by atoms with Gasteiger partial charge in [-0.2, -0.15) is 17.0 Å². The first kappa shape index (κ1) is 14.9. The lowest BCUT2D eigenvalue weighted by Crippen LogP contribution is -2.52. The Morgan fingerprint density at radius 1 is 1.41 bits per heavy atom. The van der Waals surface area contributed by atoms with Gasteiger partial charge in [-0.1, -0.05) is 6.42 Å².